The van der Waals surface area contributed by atoms with Gasteiger partial charge in [0.1, 0.15) is 0 Å². The van der Waals surface area contributed by atoms with Gasteiger partial charge in [-0.1, -0.05) is 12.1 Å². The van der Waals surface area contributed by atoms with Crippen LogP contribution in [0.5, 0.6) is 0 Å². The topological polar surface area (TPSA) is 83.6 Å². The van der Waals surface area contributed by atoms with E-state index in [4.69, 9.17) is 0 Å². The largest absolute Gasteiger partial charge is 0.279 e. The molecule has 0 fully saturated rings. The summed E-state index contributed by atoms with van der Waals surface area (Å²) in [6.45, 7) is 0.147. The summed E-state index contributed by atoms with van der Waals surface area (Å²) in [6.07, 6.45) is 1.32. The van der Waals surface area contributed by atoms with Gasteiger partial charge in [-0.05, 0) is 30.0 Å². The Morgan fingerprint density at radius 3 is 2.65 bits per heavy atom. The lowest BCUT2D eigenvalue weighted by atomic mass is 10.1. The van der Waals surface area contributed by atoms with E-state index >= 15 is 0 Å². The minimum Gasteiger partial charge on any atom is -0.224 e. The number of benzene rings is 1. The normalized spacial score (nSPS) is 17.9. The van der Waals surface area contributed by atoms with E-state index in [1.807, 2.05) is 0 Å². The Kier molecular flexibility index (Phi) is 4.19. The number of nitrogens with zero attached hydrogens (tertiary/aromatic N) is 1. The first-order chi connectivity index (χ1) is 9.22. The van der Waals surface area contributed by atoms with Crippen LogP contribution in [-0.4, -0.2) is 41.0 Å². The molecule has 1 aromatic rings. The zero-order chi connectivity index (χ0) is 15.0. The Morgan fingerprint density at radius 2 is 2.00 bits per heavy atom. The minimum atomic E-state index is -3.48. The highest BCUT2D eigenvalue weighted by Crippen LogP contribution is 2.25. The van der Waals surface area contributed by atoms with E-state index in [1.54, 1.807) is 18.2 Å². The van der Waals surface area contributed by atoms with E-state index in [2.05, 4.69) is 4.72 Å². The molecule has 0 saturated heterocycles. The molecule has 0 bridgehead atoms. The molecule has 20 heavy (non-hydrogen) atoms. The molecule has 8 heteroatoms. The molecule has 1 aromatic carbocycles. The molecule has 112 valence electrons. The van der Waals surface area contributed by atoms with Crippen LogP contribution >= 0.6 is 0 Å². The lowest BCUT2D eigenvalue weighted by molar-refractivity contribution is 0.505. The first-order valence-corrected chi connectivity index (χ1v) is 9.33. The minimum absolute atomic E-state index is 0.147. The molecule has 0 amide bonds. The van der Waals surface area contributed by atoms with E-state index in [-0.39, 0.29) is 12.3 Å². The van der Waals surface area contributed by atoms with E-state index in [0.29, 0.717) is 17.7 Å². The number of rotatable bonds is 4. The number of hydrogen-bond donors (Lipinski definition) is 1. The van der Waals surface area contributed by atoms with Crippen LogP contribution in [0.1, 0.15) is 17.5 Å². The third-order valence-corrected chi connectivity index (χ3v) is 6.62. The van der Waals surface area contributed by atoms with Gasteiger partial charge in [-0.2, -0.15) is 17.4 Å². The highest BCUT2D eigenvalue weighted by Gasteiger charge is 2.23. The van der Waals surface area contributed by atoms with Crippen LogP contribution in [0, 0.1) is 0 Å². The van der Waals surface area contributed by atoms with Gasteiger partial charge >= 0.3 is 0 Å². The van der Waals surface area contributed by atoms with Crippen molar-refractivity contribution in [1.29, 1.82) is 0 Å². The number of sulfone groups is 1. The van der Waals surface area contributed by atoms with Crippen molar-refractivity contribution in [3.63, 3.8) is 0 Å². The van der Waals surface area contributed by atoms with Crippen molar-refractivity contribution in [3.05, 3.63) is 29.3 Å². The summed E-state index contributed by atoms with van der Waals surface area (Å²) in [5, 5.41) is 0. The molecule has 1 aliphatic heterocycles. The third-order valence-electron chi connectivity index (χ3n) is 3.26. The van der Waals surface area contributed by atoms with Gasteiger partial charge in [-0.15, -0.1) is 0 Å². The second-order valence-corrected chi connectivity index (χ2v) is 9.02. The monoisotopic (exact) mass is 318 g/mol. The van der Waals surface area contributed by atoms with Gasteiger partial charge in [0.15, 0.2) is 9.84 Å². The molecular formula is C12H18N2O4S2. The highest BCUT2D eigenvalue weighted by molar-refractivity contribution is 7.91. The van der Waals surface area contributed by atoms with Crippen molar-refractivity contribution in [2.24, 2.45) is 0 Å². The fourth-order valence-electron chi connectivity index (χ4n) is 2.11. The van der Waals surface area contributed by atoms with Crippen LogP contribution in [0.15, 0.2) is 23.1 Å². The van der Waals surface area contributed by atoms with Crippen molar-refractivity contribution in [1.82, 2.24) is 9.03 Å². The molecule has 0 spiro atoms. The van der Waals surface area contributed by atoms with E-state index in [9.17, 15) is 16.8 Å². The van der Waals surface area contributed by atoms with Gasteiger partial charge in [0.2, 0.25) is 0 Å². The summed E-state index contributed by atoms with van der Waals surface area (Å²) in [5.74, 6) is 0.187. The summed E-state index contributed by atoms with van der Waals surface area (Å²) in [6, 6.07) is 4.99. The maximum Gasteiger partial charge on any atom is 0.279 e. The first-order valence-electron chi connectivity index (χ1n) is 6.24. The second kappa shape index (κ2) is 5.44. The number of aryl methyl sites for hydroxylation is 1. The van der Waals surface area contributed by atoms with Crippen LogP contribution in [0.25, 0.3) is 0 Å². The molecular weight excluding hydrogens is 300 g/mol. The molecule has 6 nitrogen and oxygen atoms in total. The Hall–Kier alpha value is -0.960. The molecule has 0 atom stereocenters. The van der Waals surface area contributed by atoms with E-state index in [1.165, 1.54) is 14.1 Å². The Labute approximate surface area is 119 Å². The predicted molar refractivity (Wildman–Crippen MR) is 76.3 cm³/mol. The molecule has 1 heterocycles. The van der Waals surface area contributed by atoms with Crippen molar-refractivity contribution in [2.75, 3.05) is 19.8 Å². The lowest BCUT2D eigenvalue weighted by Crippen LogP contribution is -2.35. The van der Waals surface area contributed by atoms with E-state index < -0.39 is 20.0 Å². The third kappa shape index (κ3) is 3.20. The van der Waals surface area contributed by atoms with Crippen LogP contribution in [0.3, 0.4) is 0 Å². The van der Waals surface area contributed by atoms with Gasteiger partial charge in [0, 0.05) is 20.6 Å². The van der Waals surface area contributed by atoms with E-state index in [0.717, 1.165) is 15.4 Å². The van der Waals surface area contributed by atoms with Gasteiger partial charge in [-0.3, -0.25) is 0 Å². The number of fused-ring (bicyclic) bond motifs is 1. The summed E-state index contributed by atoms with van der Waals surface area (Å²) in [4.78, 5) is 0.378. The van der Waals surface area contributed by atoms with Crippen LogP contribution < -0.4 is 4.72 Å². The molecule has 0 unspecified atom stereocenters. The predicted octanol–water partition coefficient (Wildman–Crippen LogP) is 0.302. The fourth-order valence-corrected chi connectivity index (χ4v) is 4.30. The summed E-state index contributed by atoms with van der Waals surface area (Å²) in [5.41, 5.74) is 1.53. The van der Waals surface area contributed by atoms with Crippen molar-refractivity contribution < 1.29 is 16.8 Å². The summed E-state index contributed by atoms with van der Waals surface area (Å²) in [7, 11) is -3.75. The number of hydrogen-bond acceptors (Lipinski definition) is 4. The molecule has 1 N–H and O–H groups in total. The smallest absolute Gasteiger partial charge is 0.224 e. The zero-order valence-corrected chi connectivity index (χ0v) is 13.1. The fraction of sp³-hybridized carbons (Fsp3) is 0.500. The molecule has 0 radical (unpaired) electrons. The Bertz CT molecular complexity index is 709. The highest BCUT2D eigenvalue weighted by atomic mass is 32.2. The maximum absolute atomic E-state index is 11.9. The molecule has 1 aliphatic rings. The second-order valence-electron chi connectivity index (χ2n) is 4.97. The number of nitrogens with one attached hydrogen (secondary N) is 1. The molecule has 0 aromatic heterocycles. The van der Waals surface area contributed by atoms with Gasteiger partial charge in [0.25, 0.3) is 10.2 Å². The van der Waals surface area contributed by atoms with Gasteiger partial charge in [0.05, 0.1) is 10.6 Å². The summed E-state index contributed by atoms with van der Waals surface area (Å²) < 4.78 is 50.5. The molecule has 2 rings (SSSR count). The molecule has 0 saturated carbocycles. The lowest BCUT2D eigenvalue weighted by Gasteiger charge is -2.18. The van der Waals surface area contributed by atoms with Crippen LogP contribution in [0.4, 0.5) is 0 Å². The average Bonchev–Trinajstić information content (AvgIpc) is 2.35. The van der Waals surface area contributed by atoms with Crippen LogP contribution in [0.2, 0.25) is 0 Å². The standard InChI is InChI=1S/C12H18N2O4S2/c1-14(2)20(17,18)13-9-10-5-6-12-11(8-10)4-3-7-19(12,15)16/h5-6,8,13H,3-4,7,9H2,1-2H3. The zero-order valence-electron chi connectivity index (χ0n) is 11.5. The molecule has 0 aliphatic carbocycles. The Balaban J connectivity index is 2.21. The van der Waals surface area contributed by atoms with Crippen molar-refractivity contribution in [3.8, 4) is 0 Å². The van der Waals surface area contributed by atoms with Crippen LogP contribution in [-0.2, 0) is 33.0 Å². The van der Waals surface area contributed by atoms with Gasteiger partial charge < -0.3 is 0 Å². The quantitative estimate of drug-likeness (QED) is 0.865. The summed E-state index contributed by atoms with van der Waals surface area (Å²) >= 11 is 0. The first kappa shape index (κ1) is 15.4. The Morgan fingerprint density at radius 1 is 1.30 bits per heavy atom. The SMILES string of the molecule is CN(C)S(=O)(=O)NCc1ccc2c(c1)CCCS2(=O)=O. The van der Waals surface area contributed by atoms with Gasteiger partial charge in [-0.25, -0.2) is 8.42 Å². The van der Waals surface area contributed by atoms with Crippen molar-refractivity contribution in [2.45, 2.75) is 24.3 Å². The maximum atomic E-state index is 11.9. The average molecular weight is 318 g/mol. The van der Waals surface area contributed by atoms with Crippen molar-refractivity contribution >= 4 is 20.0 Å².